The molecule has 1 heterocycles. The maximum Gasteiger partial charge on any atom is 0.240 e. The Morgan fingerprint density at radius 3 is 2.43 bits per heavy atom. The molecule has 1 saturated heterocycles. The van der Waals surface area contributed by atoms with Crippen LogP contribution in [0.3, 0.4) is 0 Å². The van der Waals surface area contributed by atoms with Gasteiger partial charge in [-0.3, -0.25) is 9.59 Å². The number of anilines is 2. The SMILES string of the molecule is C=CCNC(=O)CN(C(C)=O)c1ccc(N2CCCCC2)cc1. The minimum atomic E-state index is -0.194. The number of rotatable bonds is 6. The van der Waals surface area contributed by atoms with Crippen molar-refractivity contribution in [2.45, 2.75) is 26.2 Å². The average molecular weight is 315 g/mol. The van der Waals surface area contributed by atoms with Gasteiger partial charge in [0.05, 0.1) is 0 Å². The van der Waals surface area contributed by atoms with Crippen LogP contribution in [-0.2, 0) is 9.59 Å². The second kappa shape index (κ2) is 8.36. The average Bonchev–Trinajstić information content (AvgIpc) is 2.58. The van der Waals surface area contributed by atoms with Crippen LogP contribution in [0.2, 0.25) is 0 Å². The van der Waals surface area contributed by atoms with Crippen LogP contribution in [0.5, 0.6) is 0 Å². The molecule has 1 aromatic carbocycles. The first-order valence-corrected chi connectivity index (χ1v) is 8.12. The summed E-state index contributed by atoms with van der Waals surface area (Å²) >= 11 is 0. The van der Waals surface area contributed by atoms with E-state index in [1.165, 1.54) is 36.8 Å². The molecule has 1 aromatic rings. The molecule has 1 aliphatic heterocycles. The number of piperidine rings is 1. The highest BCUT2D eigenvalue weighted by atomic mass is 16.2. The van der Waals surface area contributed by atoms with E-state index in [1.54, 1.807) is 6.08 Å². The zero-order chi connectivity index (χ0) is 16.7. The number of carbonyl (C=O) groups excluding carboxylic acids is 2. The van der Waals surface area contributed by atoms with Gasteiger partial charge in [0, 0.05) is 37.9 Å². The summed E-state index contributed by atoms with van der Waals surface area (Å²) in [5.74, 6) is -0.343. The summed E-state index contributed by atoms with van der Waals surface area (Å²) < 4.78 is 0. The van der Waals surface area contributed by atoms with Crippen LogP contribution >= 0.6 is 0 Å². The lowest BCUT2D eigenvalue weighted by Crippen LogP contribution is -2.39. The van der Waals surface area contributed by atoms with Crippen molar-refractivity contribution in [2.24, 2.45) is 0 Å². The first-order valence-electron chi connectivity index (χ1n) is 8.12. The molecule has 0 radical (unpaired) electrons. The fourth-order valence-electron chi connectivity index (χ4n) is 2.77. The van der Waals surface area contributed by atoms with E-state index >= 15 is 0 Å². The lowest BCUT2D eigenvalue weighted by atomic mass is 10.1. The van der Waals surface area contributed by atoms with Crippen molar-refractivity contribution >= 4 is 23.2 Å². The highest BCUT2D eigenvalue weighted by Crippen LogP contribution is 2.23. The second-order valence-corrected chi connectivity index (χ2v) is 5.76. The van der Waals surface area contributed by atoms with Crippen molar-refractivity contribution in [1.82, 2.24) is 5.32 Å². The first kappa shape index (κ1) is 17.1. The molecule has 5 nitrogen and oxygen atoms in total. The Morgan fingerprint density at radius 2 is 1.87 bits per heavy atom. The molecule has 2 rings (SSSR count). The van der Waals surface area contributed by atoms with Gasteiger partial charge in [0.1, 0.15) is 6.54 Å². The first-order chi connectivity index (χ1) is 11.1. The monoisotopic (exact) mass is 315 g/mol. The Bertz CT molecular complexity index is 548. The molecule has 124 valence electrons. The Balaban J connectivity index is 2.05. The van der Waals surface area contributed by atoms with Crippen LogP contribution in [0, 0.1) is 0 Å². The summed E-state index contributed by atoms with van der Waals surface area (Å²) in [5.41, 5.74) is 1.92. The van der Waals surface area contributed by atoms with Gasteiger partial charge in [-0.2, -0.15) is 0 Å². The van der Waals surface area contributed by atoms with E-state index in [2.05, 4.69) is 16.8 Å². The van der Waals surface area contributed by atoms with E-state index in [1.807, 2.05) is 24.3 Å². The topological polar surface area (TPSA) is 52.7 Å². The van der Waals surface area contributed by atoms with Crippen LogP contribution in [0.25, 0.3) is 0 Å². The summed E-state index contributed by atoms with van der Waals surface area (Å²) in [7, 11) is 0. The third-order valence-electron chi connectivity index (χ3n) is 4.01. The zero-order valence-corrected chi connectivity index (χ0v) is 13.8. The summed E-state index contributed by atoms with van der Waals surface area (Å²) in [6.45, 7) is 7.62. The van der Waals surface area contributed by atoms with Crippen LogP contribution in [0.4, 0.5) is 11.4 Å². The molecule has 0 aliphatic carbocycles. The molecule has 1 aliphatic rings. The highest BCUT2D eigenvalue weighted by molar-refractivity contribution is 5.97. The van der Waals surface area contributed by atoms with Crippen molar-refractivity contribution in [3.63, 3.8) is 0 Å². The maximum atomic E-state index is 11.9. The Hall–Kier alpha value is -2.30. The van der Waals surface area contributed by atoms with Gasteiger partial charge in [-0.15, -0.1) is 6.58 Å². The predicted octanol–water partition coefficient (Wildman–Crippen LogP) is 2.33. The molecule has 1 fully saturated rings. The van der Waals surface area contributed by atoms with Crippen LogP contribution in [-0.4, -0.2) is 38.0 Å². The fraction of sp³-hybridized carbons (Fsp3) is 0.444. The van der Waals surface area contributed by atoms with Crippen molar-refractivity contribution in [1.29, 1.82) is 0 Å². The Kier molecular flexibility index (Phi) is 6.20. The molecule has 1 N–H and O–H groups in total. The molecule has 2 amide bonds. The summed E-state index contributed by atoms with van der Waals surface area (Å²) in [5, 5.41) is 2.69. The largest absolute Gasteiger partial charge is 0.372 e. The third-order valence-corrected chi connectivity index (χ3v) is 4.01. The minimum Gasteiger partial charge on any atom is -0.372 e. The summed E-state index contributed by atoms with van der Waals surface area (Å²) in [6, 6.07) is 7.87. The van der Waals surface area contributed by atoms with E-state index < -0.39 is 0 Å². The molecule has 23 heavy (non-hydrogen) atoms. The number of amides is 2. The lowest BCUT2D eigenvalue weighted by Gasteiger charge is -2.29. The standard InChI is InChI=1S/C18H25N3O2/c1-3-11-19-18(23)14-21(15(2)22)17-9-7-16(8-10-17)20-12-5-4-6-13-20/h3,7-10H,1,4-6,11-14H2,2H3,(H,19,23). The van der Waals surface area contributed by atoms with E-state index in [9.17, 15) is 9.59 Å². The quantitative estimate of drug-likeness (QED) is 0.820. The maximum absolute atomic E-state index is 11.9. The van der Waals surface area contributed by atoms with E-state index in [0.29, 0.717) is 6.54 Å². The molecule has 0 unspecified atom stereocenters. The number of hydrogen-bond donors (Lipinski definition) is 1. The van der Waals surface area contributed by atoms with Crippen molar-refractivity contribution in [2.75, 3.05) is 36.0 Å². The van der Waals surface area contributed by atoms with Gasteiger partial charge in [-0.1, -0.05) is 6.08 Å². The molecule has 0 aromatic heterocycles. The number of nitrogens with zero attached hydrogens (tertiary/aromatic N) is 2. The molecule has 0 bridgehead atoms. The van der Waals surface area contributed by atoms with E-state index in [4.69, 9.17) is 0 Å². The van der Waals surface area contributed by atoms with Crippen molar-refractivity contribution in [3.05, 3.63) is 36.9 Å². The number of nitrogens with one attached hydrogen (secondary N) is 1. The Morgan fingerprint density at radius 1 is 1.22 bits per heavy atom. The van der Waals surface area contributed by atoms with Crippen LogP contribution in [0.15, 0.2) is 36.9 Å². The van der Waals surface area contributed by atoms with E-state index in [-0.39, 0.29) is 18.4 Å². The van der Waals surface area contributed by atoms with Crippen LogP contribution < -0.4 is 15.1 Å². The molecule has 0 spiro atoms. The summed E-state index contributed by atoms with van der Waals surface area (Å²) in [6.07, 6.45) is 5.37. The van der Waals surface area contributed by atoms with Gasteiger partial charge < -0.3 is 15.1 Å². The lowest BCUT2D eigenvalue weighted by molar-refractivity contribution is -0.122. The molecule has 0 atom stereocenters. The van der Waals surface area contributed by atoms with Gasteiger partial charge in [0.15, 0.2) is 0 Å². The predicted molar refractivity (Wildman–Crippen MR) is 93.7 cm³/mol. The van der Waals surface area contributed by atoms with Crippen molar-refractivity contribution < 1.29 is 9.59 Å². The van der Waals surface area contributed by atoms with Gasteiger partial charge >= 0.3 is 0 Å². The second-order valence-electron chi connectivity index (χ2n) is 5.76. The number of hydrogen-bond acceptors (Lipinski definition) is 3. The Labute approximate surface area is 138 Å². The van der Waals surface area contributed by atoms with Gasteiger partial charge in [0.2, 0.25) is 11.8 Å². The van der Waals surface area contributed by atoms with E-state index in [0.717, 1.165) is 18.8 Å². The summed E-state index contributed by atoms with van der Waals surface area (Å²) in [4.78, 5) is 27.5. The molecule has 5 heteroatoms. The minimum absolute atomic E-state index is 0.0201. The molecule has 0 saturated carbocycles. The number of carbonyl (C=O) groups is 2. The highest BCUT2D eigenvalue weighted by Gasteiger charge is 2.16. The van der Waals surface area contributed by atoms with Crippen molar-refractivity contribution in [3.8, 4) is 0 Å². The smallest absolute Gasteiger partial charge is 0.240 e. The molecular weight excluding hydrogens is 290 g/mol. The van der Waals surface area contributed by atoms with Gasteiger partial charge in [0.25, 0.3) is 0 Å². The van der Waals surface area contributed by atoms with Crippen LogP contribution in [0.1, 0.15) is 26.2 Å². The van der Waals surface area contributed by atoms with Gasteiger partial charge in [-0.05, 0) is 43.5 Å². The fourth-order valence-corrected chi connectivity index (χ4v) is 2.77. The third kappa shape index (κ3) is 4.84. The molecular formula is C18H25N3O2. The zero-order valence-electron chi connectivity index (χ0n) is 13.8. The normalized spacial score (nSPS) is 14.2. The van der Waals surface area contributed by atoms with Gasteiger partial charge in [-0.25, -0.2) is 0 Å². The number of benzene rings is 1.